The normalized spacial score (nSPS) is 10.5. The molecular weight excluding hydrogens is 232 g/mol. The predicted molar refractivity (Wildman–Crippen MR) is 71.7 cm³/mol. The van der Waals surface area contributed by atoms with Crippen molar-refractivity contribution in [1.29, 1.82) is 0 Å². The van der Waals surface area contributed by atoms with Crippen LogP contribution in [0.3, 0.4) is 0 Å². The molecule has 0 atom stereocenters. The molecule has 1 N–H and O–H groups in total. The van der Waals surface area contributed by atoms with Crippen LogP contribution in [0.4, 0.5) is 0 Å². The van der Waals surface area contributed by atoms with E-state index >= 15 is 0 Å². The number of benzene rings is 2. The molecule has 2 rings (SSSR count). The topological polar surface area (TPSA) is 20.2 Å². The monoisotopic (exact) mass is 246 g/mol. The maximum absolute atomic E-state index is 9.73. The van der Waals surface area contributed by atoms with Crippen molar-refractivity contribution in [3.05, 3.63) is 64.2 Å². The van der Waals surface area contributed by atoms with Crippen molar-refractivity contribution >= 4 is 11.6 Å². The van der Waals surface area contributed by atoms with Crippen LogP contribution in [0, 0.1) is 6.92 Å². The number of hydrogen-bond donors (Lipinski definition) is 1. The van der Waals surface area contributed by atoms with E-state index in [2.05, 4.69) is 31.2 Å². The molecule has 0 aliphatic rings. The van der Waals surface area contributed by atoms with Gasteiger partial charge in [0.05, 0.1) is 0 Å². The summed E-state index contributed by atoms with van der Waals surface area (Å²) in [4.78, 5) is 0. The zero-order valence-electron chi connectivity index (χ0n) is 9.78. The van der Waals surface area contributed by atoms with Crippen molar-refractivity contribution in [1.82, 2.24) is 0 Å². The van der Waals surface area contributed by atoms with E-state index in [-0.39, 0.29) is 5.75 Å². The lowest BCUT2D eigenvalue weighted by Crippen LogP contribution is -1.93. The number of hydrogen-bond acceptors (Lipinski definition) is 1. The van der Waals surface area contributed by atoms with Gasteiger partial charge in [-0.1, -0.05) is 47.5 Å². The van der Waals surface area contributed by atoms with Crippen LogP contribution >= 0.6 is 11.6 Å². The van der Waals surface area contributed by atoms with Gasteiger partial charge in [0.1, 0.15) is 5.75 Å². The van der Waals surface area contributed by atoms with Gasteiger partial charge in [-0.2, -0.15) is 0 Å². The third-order valence-corrected chi connectivity index (χ3v) is 3.23. The van der Waals surface area contributed by atoms with Crippen molar-refractivity contribution < 1.29 is 5.11 Å². The highest BCUT2D eigenvalue weighted by molar-refractivity contribution is 6.31. The molecular formula is C15H15ClO. The van der Waals surface area contributed by atoms with Crippen LogP contribution in [-0.4, -0.2) is 5.11 Å². The van der Waals surface area contributed by atoms with Gasteiger partial charge in [-0.25, -0.2) is 0 Å². The Morgan fingerprint density at radius 2 is 1.71 bits per heavy atom. The van der Waals surface area contributed by atoms with Crippen molar-refractivity contribution in [2.24, 2.45) is 0 Å². The maximum atomic E-state index is 9.73. The fourth-order valence-corrected chi connectivity index (χ4v) is 2.08. The second kappa shape index (κ2) is 5.24. The first-order valence-corrected chi connectivity index (χ1v) is 6.06. The molecule has 0 unspecified atom stereocenters. The number of rotatable bonds is 3. The minimum absolute atomic E-state index is 0.282. The summed E-state index contributed by atoms with van der Waals surface area (Å²) in [6.45, 7) is 2.07. The Hall–Kier alpha value is -1.47. The standard InChI is InChI=1S/C15H15ClO/c1-11-5-7-12(8-6-11)9-10-13-14(16)3-2-4-15(13)17/h2-8,17H,9-10H2,1H3. The highest BCUT2D eigenvalue weighted by Gasteiger charge is 2.05. The van der Waals surface area contributed by atoms with Gasteiger partial charge in [0.25, 0.3) is 0 Å². The Bertz CT molecular complexity index is 483. The molecule has 0 fully saturated rings. The molecule has 1 nitrogen and oxygen atoms in total. The fourth-order valence-electron chi connectivity index (χ4n) is 1.82. The summed E-state index contributed by atoms with van der Waals surface area (Å²) >= 11 is 6.06. The van der Waals surface area contributed by atoms with Gasteiger partial charge in [-0.15, -0.1) is 0 Å². The van der Waals surface area contributed by atoms with Gasteiger partial charge < -0.3 is 5.11 Å². The van der Waals surface area contributed by atoms with E-state index < -0.39 is 0 Å². The largest absolute Gasteiger partial charge is 0.508 e. The molecule has 17 heavy (non-hydrogen) atoms. The quantitative estimate of drug-likeness (QED) is 0.863. The zero-order chi connectivity index (χ0) is 12.3. The summed E-state index contributed by atoms with van der Waals surface area (Å²) in [6.07, 6.45) is 1.64. The van der Waals surface area contributed by atoms with Gasteiger partial charge in [-0.3, -0.25) is 0 Å². The van der Waals surface area contributed by atoms with Crippen LogP contribution in [0.2, 0.25) is 5.02 Å². The molecule has 0 heterocycles. The van der Waals surface area contributed by atoms with E-state index in [9.17, 15) is 5.11 Å². The first-order valence-electron chi connectivity index (χ1n) is 5.69. The second-order valence-electron chi connectivity index (χ2n) is 4.22. The average molecular weight is 247 g/mol. The molecule has 0 saturated carbocycles. The molecule has 2 heteroatoms. The maximum Gasteiger partial charge on any atom is 0.120 e. The van der Waals surface area contributed by atoms with Crippen LogP contribution in [0.15, 0.2) is 42.5 Å². The van der Waals surface area contributed by atoms with Crippen molar-refractivity contribution in [3.63, 3.8) is 0 Å². The molecule has 2 aromatic carbocycles. The third-order valence-electron chi connectivity index (χ3n) is 2.88. The van der Waals surface area contributed by atoms with Crippen molar-refractivity contribution in [2.75, 3.05) is 0 Å². The molecule has 0 amide bonds. The minimum atomic E-state index is 0.282. The molecule has 0 spiro atoms. The predicted octanol–water partition coefficient (Wildman–Crippen LogP) is 4.14. The lowest BCUT2D eigenvalue weighted by molar-refractivity contribution is 0.468. The number of aryl methyl sites for hydroxylation is 2. The summed E-state index contributed by atoms with van der Waals surface area (Å²) in [6, 6.07) is 13.7. The molecule has 0 aliphatic heterocycles. The highest BCUT2D eigenvalue weighted by Crippen LogP contribution is 2.26. The molecule has 0 radical (unpaired) electrons. The SMILES string of the molecule is Cc1ccc(CCc2c(O)cccc2Cl)cc1. The summed E-state index contributed by atoms with van der Waals surface area (Å²) in [5, 5.41) is 10.4. The van der Waals surface area contributed by atoms with E-state index in [1.54, 1.807) is 12.1 Å². The first kappa shape index (κ1) is 12.0. The fraction of sp³-hybridized carbons (Fsp3) is 0.200. The highest BCUT2D eigenvalue weighted by atomic mass is 35.5. The lowest BCUT2D eigenvalue weighted by Gasteiger charge is -2.07. The zero-order valence-corrected chi connectivity index (χ0v) is 10.5. The molecule has 88 valence electrons. The van der Waals surface area contributed by atoms with Gasteiger partial charge in [0, 0.05) is 10.6 Å². The molecule has 2 aromatic rings. The average Bonchev–Trinajstić information content (AvgIpc) is 2.31. The molecule has 0 aliphatic carbocycles. The van der Waals surface area contributed by atoms with Crippen LogP contribution in [0.25, 0.3) is 0 Å². The Morgan fingerprint density at radius 1 is 1.00 bits per heavy atom. The Kier molecular flexibility index (Phi) is 3.70. The van der Waals surface area contributed by atoms with Gasteiger partial charge in [0.2, 0.25) is 0 Å². The van der Waals surface area contributed by atoms with Crippen LogP contribution < -0.4 is 0 Å². The number of aromatic hydroxyl groups is 1. The minimum Gasteiger partial charge on any atom is -0.508 e. The molecule has 0 aromatic heterocycles. The third kappa shape index (κ3) is 3.01. The number of halogens is 1. The van der Waals surface area contributed by atoms with Gasteiger partial charge >= 0.3 is 0 Å². The van der Waals surface area contributed by atoms with E-state index in [0.29, 0.717) is 5.02 Å². The molecule has 0 saturated heterocycles. The lowest BCUT2D eigenvalue weighted by atomic mass is 10.0. The number of phenolic OH excluding ortho intramolecular Hbond substituents is 1. The van der Waals surface area contributed by atoms with Crippen molar-refractivity contribution in [3.8, 4) is 5.75 Å². The first-order chi connectivity index (χ1) is 8.16. The summed E-state index contributed by atoms with van der Waals surface area (Å²) in [5.74, 6) is 0.282. The Balaban J connectivity index is 2.10. The molecule has 0 bridgehead atoms. The van der Waals surface area contributed by atoms with Gasteiger partial charge in [-0.05, 0) is 37.5 Å². The van der Waals surface area contributed by atoms with Crippen LogP contribution in [0.1, 0.15) is 16.7 Å². The van der Waals surface area contributed by atoms with Gasteiger partial charge in [0.15, 0.2) is 0 Å². The Labute approximate surface area is 107 Å². The summed E-state index contributed by atoms with van der Waals surface area (Å²) in [5.41, 5.74) is 3.35. The van der Waals surface area contributed by atoms with E-state index in [1.807, 2.05) is 6.07 Å². The smallest absolute Gasteiger partial charge is 0.120 e. The summed E-state index contributed by atoms with van der Waals surface area (Å²) < 4.78 is 0. The van der Waals surface area contributed by atoms with Crippen LogP contribution in [-0.2, 0) is 12.8 Å². The second-order valence-corrected chi connectivity index (χ2v) is 4.63. The van der Waals surface area contributed by atoms with E-state index in [1.165, 1.54) is 11.1 Å². The van der Waals surface area contributed by atoms with Crippen LogP contribution in [0.5, 0.6) is 5.75 Å². The van der Waals surface area contributed by atoms with Crippen molar-refractivity contribution in [2.45, 2.75) is 19.8 Å². The number of phenols is 1. The Morgan fingerprint density at radius 3 is 2.35 bits per heavy atom. The van der Waals surface area contributed by atoms with E-state index in [0.717, 1.165) is 18.4 Å². The van der Waals surface area contributed by atoms with E-state index in [4.69, 9.17) is 11.6 Å². The summed E-state index contributed by atoms with van der Waals surface area (Å²) in [7, 11) is 0.